The third kappa shape index (κ3) is 3.14. The van der Waals surface area contributed by atoms with Crippen LogP contribution in [0.4, 0.5) is 0 Å². The molecule has 3 nitrogen and oxygen atoms in total. The number of hydrogen-bond donors (Lipinski definition) is 1. The highest BCUT2D eigenvalue weighted by Crippen LogP contribution is 2.28. The van der Waals surface area contributed by atoms with Crippen LogP contribution < -0.4 is 4.74 Å². The number of carbonyl (C=O) groups is 1. The number of benzene rings is 2. The topological polar surface area (TPSA) is 46.5 Å². The van der Waals surface area contributed by atoms with Crippen LogP contribution in [-0.2, 0) is 17.6 Å². The average molecular weight is 296 g/mol. The van der Waals surface area contributed by atoms with Crippen LogP contribution >= 0.6 is 0 Å². The fourth-order valence-electron chi connectivity index (χ4n) is 2.89. The van der Waals surface area contributed by atoms with E-state index in [2.05, 4.69) is 18.2 Å². The van der Waals surface area contributed by atoms with Gasteiger partial charge in [0.2, 0.25) is 0 Å². The van der Waals surface area contributed by atoms with Gasteiger partial charge in [0.25, 0.3) is 0 Å². The van der Waals surface area contributed by atoms with E-state index in [4.69, 9.17) is 9.84 Å². The number of aliphatic carboxylic acids is 1. The van der Waals surface area contributed by atoms with Crippen LogP contribution in [0.25, 0.3) is 11.1 Å². The van der Waals surface area contributed by atoms with Crippen molar-refractivity contribution < 1.29 is 14.6 Å². The fraction of sp³-hybridized carbons (Fsp3) is 0.316. The van der Waals surface area contributed by atoms with Crippen LogP contribution in [0.3, 0.4) is 0 Å². The number of aryl methyl sites for hydroxylation is 2. The maximum atomic E-state index is 10.8. The predicted molar refractivity (Wildman–Crippen MR) is 86.2 cm³/mol. The Morgan fingerprint density at radius 2 is 1.64 bits per heavy atom. The van der Waals surface area contributed by atoms with Gasteiger partial charge in [-0.2, -0.15) is 0 Å². The Balaban J connectivity index is 1.79. The summed E-state index contributed by atoms with van der Waals surface area (Å²) in [6, 6.07) is 14.3. The lowest BCUT2D eigenvalue weighted by Crippen LogP contribution is -2.22. The molecule has 0 aliphatic heterocycles. The van der Waals surface area contributed by atoms with Gasteiger partial charge in [-0.05, 0) is 67.0 Å². The first-order valence-corrected chi connectivity index (χ1v) is 7.75. The highest BCUT2D eigenvalue weighted by atomic mass is 16.5. The molecule has 0 bridgehead atoms. The third-order valence-corrected chi connectivity index (χ3v) is 4.20. The van der Waals surface area contributed by atoms with Crippen LogP contribution in [-0.4, -0.2) is 17.2 Å². The number of carboxylic acid groups (broad SMARTS) is 1. The van der Waals surface area contributed by atoms with Crippen molar-refractivity contribution in [2.24, 2.45) is 0 Å². The summed E-state index contributed by atoms with van der Waals surface area (Å²) in [5.74, 6) is -0.379. The van der Waals surface area contributed by atoms with Crippen molar-refractivity contribution >= 4 is 5.97 Å². The van der Waals surface area contributed by atoms with E-state index in [0.717, 1.165) is 5.56 Å². The van der Waals surface area contributed by atoms with Gasteiger partial charge in [0, 0.05) is 0 Å². The summed E-state index contributed by atoms with van der Waals surface area (Å²) in [5.41, 5.74) is 5.27. The summed E-state index contributed by atoms with van der Waals surface area (Å²) in [4.78, 5) is 10.8. The largest absolute Gasteiger partial charge is 0.479 e. The quantitative estimate of drug-likeness (QED) is 0.924. The second-order valence-corrected chi connectivity index (χ2v) is 5.81. The van der Waals surface area contributed by atoms with Crippen LogP contribution in [0, 0.1) is 0 Å². The summed E-state index contributed by atoms with van der Waals surface area (Å²) in [7, 11) is 0. The summed E-state index contributed by atoms with van der Waals surface area (Å²) < 4.78 is 5.36. The van der Waals surface area contributed by atoms with Crippen molar-refractivity contribution in [3.8, 4) is 16.9 Å². The van der Waals surface area contributed by atoms with Crippen LogP contribution in [0.2, 0.25) is 0 Å². The molecule has 2 aromatic rings. The molecule has 0 saturated heterocycles. The summed E-state index contributed by atoms with van der Waals surface area (Å²) in [6.45, 7) is 1.53. The molecule has 2 aromatic carbocycles. The van der Waals surface area contributed by atoms with E-state index in [1.54, 1.807) is 0 Å². The summed E-state index contributed by atoms with van der Waals surface area (Å²) in [6.07, 6.45) is 4.08. The molecule has 3 rings (SSSR count). The van der Waals surface area contributed by atoms with Crippen LogP contribution in [0.15, 0.2) is 42.5 Å². The van der Waals surface area contributed by atoms with Gasteiger partial charge >= 0.3 is 5.97 Å². The molecule has 0 aromatic heterocycles. The molecular weight excluding hydrogens is 276 g/mol. The average Bonchev–Trinajstić information content (AvgIpc) is 2.55. The number of hydrogen-bond acceptors (Lipinski definition) is 2. The molecule has 0 heterocycles. The fourth-order valence-corrected chi connectivity index (χ4v) is 2.89. The van der Waals surface area contributed by atoms with Crippen LogP contribution in [0.5, 0.6) is 5.75 Å². The lowest BCUT2D eigenvalue weighted by Gasteiger charge is -2.17. The van der Waals surface area contributed by atoms with Gasteiger partial charge in [-0.3, -0.25) is 0 Å². The molecule has 1 aliphatic carbocycles. The van der Waals surface area contributed by atoms with Gasteiger partial charge in [0.1, 0.15) is 5.75 Å². The molecule has 0 amide bonds. The van der Waals surface area contributed by atoms with Crippen molar-refractivity contribution in [2.75, 3.05) is 0 Å². The minimum Gasteiger partial charge on any atom is -0.479 e. The third-order valence-electron chi connectivity index (χ3n) is 4.20. The van der Waals surface area contributed by atoms with Crippen LogP contribution in [0.1, 0.15) is 30.9 Å². The number of fused-ring (bicyclic) bond motifs is 1. The highest BCUT2D eigenvalue weighted by molar-refractivity contribution is 5.72. The van der Waals surface area contributed by atoms with Crippen molar-refractivity contribution in [3.63, 3.8) is 0 Å². The zero-order chi connectivity index (χ0) is 15.5. The van der Waals surface area contributed by atoms with Crippen molar-refractivity contribution in [3.05, 3.63) is 53.6 Å². The van der Waals surface area contributed by atoms with Gasteiger partial charge < -0.3 is 9.84 Å². The van der Waals surface area contributed by atoms with Crippen molar-refractivity contribution in [1.29, 1.82) is 0 Å². The Labute approximate surface area is 130 Å². The molecule has 1 unspecified atom stereocenters. The Morgan fingerprint density at radius 1 is 1.00 bits per heavy atom. The lowest BCUT2D eigenvalue weighted by molar-refractivity contribution is -0.144. The summed E-state index contributed by atoms with van der Waals surface area (Å²) >= 11 is 0. The molecule has 1 aliphatic rings. The first-order chi connectivity index (χ1) is 10.6. The molecule has 114 valence electrons. The Morgan fingerprint density at radius 3 is 2.32 bits per heavy atom. The Kier molecular flexibility index (Phi) is 4.14. The summed E-state index contributed by atoms with van der Waals surface area (Å²) in [5, 5.41) is 8.86. The van der Waals surface area contributed by atoms with E-state index in [9.17, 15) is 4.79 Å². The van der Waals surface area contributed by atoms with Gasteiger partial charge in [-0.25, -0.2) is 4.79 Å². The number of carboxylic acids is 1. The zero-order valence-corrected chi connectivity index (χ0v) is 12.7. The van der Waals surface area contributed by atoms with E-state index >= 15 is 0 Å². The molecule has 0 spiro atoms. The standard InChI is InChI=1S/C19H20O3/c1-13(19(20)21)22-18-10-8-15(9-11-18)17-7-6-14-4-2-3-5-16(14)12-17/h6-13H,2-5H2,1H3,(H,20,21). The van der Waals surface area contributed by atoms with Crippen molar-refractivity contribution in [2.45, 2.75) is 38.7 Å². The van der Waals surface area contributed by atoms with Gasteiger partial charge in [-0.1, -0.05) is 30.3 Å². The Hall–Kier alpha value is -2.29. The van der Waals surface area contributed by atoms with E-state index in [-0.39, 0.29) is 0 Å². The minimum absolute atomic E-state index is 0.580. The molecule has 3 heteroatoms. The SMILES string of the molecule is CC(Oc1ccc(-c2ccc3c(c2)CCCC3)cc1)C(=O)O. The van der Waals surface area contributed by atoms with E-state index in [0.29, 0.717) is 5.75 Å². The number of ether oxygens (including phenoxy) is 1. The van der Waals surface area contributed by atoms with E-state index < -0.39 is 12.1 Å². The monoisotopic (exact) mass is 296 g/mol. The predicted octanol–water partition coefficient (Wildman–Crippen LogP) is 4.08. The second kappa shape index (κ2) is 6.22. The molecule has 22 heavy (non-hydrogen) atoms. The first-order valence-electron chi connectivity index (χ1n) is 7.75. The maximum Gasteiger partial charge on any atom is 0.344 e. The number of rotatable bonds is 4. The lowest BCUT2D eigenvalue weighted by atomic mass is 9.89. The Bertz CT molecular complexity index is 674. The highest BCUT2D eigenvalue weighted by Gasteiger charge is 2.13. The van der Waals surface area contributed by atoms with E-state index in [1.165, 1.54) is 49.3 Å². The van der Waals surface area contributed by atoms with Gasteiger partial charge in [0.15, 0.2) is 6.10 Å². The smallest absolute Gasteiger partial charge is 0.344 e. The van der Waals surface area contributed by atoms with Crippen molar-refractivity contribution in [1.82, 2.24) is 0 Å². The molecule has 1 atom stereocenters. The maximum absolute atomic E-state index is 10.8. The van der Waals surface area contributed by atoms with E-state index in [1.807, 2.05) is 24.3 Å². The normalized spacial score (nSPS) is 15.0. The minimum atomic E-state index is -0.959. The second-order valence-electron chi connectivity index (χ2n) is 5.81. The molecule has 0 saturated carbocycles. The van der Waals surface area contributed by atoms with Gasteiger partial charge in [0.05, 0.1) is 0 Å². The first kappa shape index (κ1) is 14.6. The molecule has 1 N–H and O–H groups in total. The molecule has 0 fully saturated rings. The van der Waals surface area contributed by atoms with Gasteiger partial charge in [-0.15, -0.1) is 0 Å². The zero-order valence-electron chi connectivity index (χ0n) is 12.7. The molecular formula is C19H20O3. The molecule has 0 radical (unpaired) electrons.